The molecule has 0 saturated carbocycles. The van der Waals surface area contributed by atoms with Crippen molar-refractivity contribution in [2.75, 3.05) is 19.3 Å². The number of benzene rings is 1. The van der Waals surface area contributed by atoms with Crippen molar-refractivity contribution >= 4 is 29.0 Å². The fraction of sp³-hybridized carbons (Fsp3) is 0.533. The molecular weight excluding hydrogens is 272 g/mol. The summed E-state index contributed by atoms with van der Waals surface area (Å²) in [4.78, 5) is 3.19. The summed E-state index contributed by atoms with van der Waals surface area (Å²) in [6.07, 6.45) is 4.25. The van der Waals surface area contributed by atoms with Crippen molar-refractivity contribution in [1.82, 2.24) is 4.90 Å². The molecule has 1 aromatic rings. The van der Waals surface area contributed by atoms with Crippen molar-refractivity contribution in [3.05, 3.63) is 35.4 Å². The third kappa shape index (κ3) is 3.30. The van der Waals surface area contributed by atoms with E-state index in [1.807, 2.05) is 11.8 Å². The predicted octanol–water partition coefficient (Wildman–Crippen LogP) is 2.98. The lowest BCUT2D eigenvalue weighted by Crippen LogP contribution is -2.48. The molecule has 1 fully saturated rings. The Labute approximate surface area is 125 Å². The third-order valence-electron chi connectivity index (χ3n) is 4.16. The Bertz CT molecular complexity index is 451. The molecule has 0 unspecified atom stereocenters. The molecule has 0 amide bonds. The molecule has 4 heteroatoms. The van der Waals surface area contributed by atoms with E-state index < -0.39 is 0 Å². The number of nitrogens with two attached hydrogens (primary N) is 1. The molecule has 0 aromatic heterocycles. The minimum absolute atomic E-state index is 0.0254. The summed E-state index contributed by atoms with van der Waals surface area (Å²) >= 11 is 7.07. The number of aryl methyl sites for hydroxylation is 1. The number of thiocarbonyl (C=S) groups is 1. The second kappa shape index (κ2) is 6.25. The SMILES string of the molecule is CSC1(C(N)=S)CCN(Cc2ccccc2C)CC1. The van der Waals surface area contributed by atoms with Gasteiger partial charge in [0, 0.05) is 19.6 Å². The fourth-order valence-corrected chi connectivity index (χ4v) is 3.90. The number of likely N-dealkylation sites (tertiary alicyclic amines) is 1. The topological polar surface area (TPSA) is 29.3 Å². The molecule has 1 aliphatic heterocycles. The van der Waals surface area contributed by atoms with Gasteiger partial charge in [-0.05, 0) is 37.1 Å². The molecule has 2 nitrogen and oxygen atoms in total. The Morgan fingerprint density at radius 2 is 2.00 bits per heavy atom. The van der Waals surface area contributed by atoms with Crippen LogP contribution in [0.3, 0.4) is 0 Å². The van der Waals surface area contributed by atoms with Gasteiger partial charge < -0.3 is 5.73 Å². The molecule has 1 saturated heterocycles. The first kappa shape index (κ1) is 14.8. The second-order valence-electron chi connectivity index (χ2n) is 5.27. The van der Waals surface area contributed by atoms with E-state index in [9.17, 15) is 0 Å². The smallest absolute Gasteiger partial charge is 0.0891 e. The van der Waals surface area contributed by atoms with E-state index in [-0.39, 0.29) is 4.75 Å². The van der Waals surface area contributed by atoms with Gasteiger partial charge in [0.2, 0.25) is 0 Å². The molecular formula is C15H22N2S2. The van der Waals surface area contributed by atoms with Gasteiger partial charge in [0.15, 0.2) is 0 Å². The van der Waals surface area contributed by atoms with Gasteiger partial charge in [0.25, 0.3) is 0 Å². The highest BCUT2D eigenvalue weighted by molar-refractivity contribution is 8.02. The maximum atomic E-state index is 5.93. The highest BCUT2D eigenvalue weighted by Crippen LogP contribution is 2.35. The third-order valence-corrected chi connectivity index (χ3v) is 6.09. The van der Waals surface area contributed by atoms with E-state index in [2.05, 4.69) is 42.3 Å². The van der Waals surface area contributed by atoms with Crippen molar-refractivity contribution in [2.24, 2.45) is 5.73 Å². The maximum Gasteiger partial charge on any atom is 0.0891 e. The summed E-state index contributed by atoms with van der Waals surface area (Å²) in [7, 11) is 0. The molecule has 1 aliphatic rings. The van der Waals surface area contributed by atoms with Gasteiger partial charge in [0.05, 0.1) is 9.74 Å². The number of piperidine rings is 1. The van der Waals surface area contributed by atoms with Gasteiger partial charge >= 0.3 is 0 Å². The van der Waals surface area contributed by atoms with E-state index in [1.165, 1.54) is 11.1 Å². The molecule has 0 radical (unpaired) electrons. The first-order valence-corrected chi connectivity index (χ1v) is 8.32. The normalized spacial score (nSPS) is 19.3. The minimum atomic E-state index is 0.0254. The molecule has 0 atom stereocenters. The largest absolute Gasteiger partial charge is 0.392 e. The van der Waals surface area contributed by atoms with Crippen LogP contribution in [0.15, 0.2) is 24.3 Å². The molecule has 2 rings (SSSR count). The summed E-state index contributed by atoms with van der Waals surface area (Å²) in [6, 6.07) is 8.62. The summed E-state index contributed by atoms with van der Waals surface area (Å²) < 4.78 is 0.0254. The molecule has 2 N–H and O–H groups in total. The van der Waals surface area contributed by atoms with Crippen LogP contribution in [0, 0.1) is 6.92 Å². The summed E-state index contributed by atoms with van der Waals surface area (Å²) in [5.74, 6) is 0. The van der Waals surface area contributed by atoms with Gasteiger partial charge in [-0.1, -0.05) is 36.5 Å². The van der Waals surface area contributed by atoms with Crippen LogP contribution in [-0.4, -0.2) is 34.0 Å². The Hall–Kier alpha value is -0.580. The van der Waals surface area contributed by atoms with E-state index in [4.69, 9.17) is 18.0 Å². The number of nitrogens with zero attached hydrogens (tertiary/aromatic N) is 1. The fourth-order valence-electron chi connectivity index (χ4n) is 2.65. The van der Waals surface area contributed by atoms with E-state index in [1.54, 1.807) is 0 Å². The van der Waals surface area contributed by atoms with Gasteiger partial charge in [0.1, 0.15) is 0 Å². The van der Waals surface area contributed by atoms with Crippen molar-refractivity contribution < 1.29 is 0 Å². The van der Waals surface area contributed by atoms with Crippen LogP contribution < -0.4 is 5.73 Å². The van der Waals surface area contributed by atoms with Gasteiger partial charge in [-0.25, -0.2) is 0 Å². The van der Waals surface area contributed by atoms with Crippen LogP contribution in [0.5, 0.6) is 0 Å². The molecule has 19 heavy (non-hydrogen) atoms. The zero-order chi connectivity index (χ0) is 13.9. The lowest BCUT2D eigenvalue weighted by molar-refractivity contribution is 0.212. The Balaban J connectivity index is 1.97. The van der Waals surface area contributed by atoms with Crippen LogP contribution in [0.1, 0.15) is 24.0 Å². The van der Waals surface area contributed by atoms with Crippen LogP contribution in [0.25, 0.3) is 0 Å². The van der Waals surface area contributed by atoms with Gasteiger partial charge in [-0.15, -0.1) is 0 Å². The Morgan fingerprint density at radius 3 is 2.53 bits per heavy atom. The quantitative estimate of drug-likeness (QED) is 0.865. The summed E-state index contributed by atoms with van der Waals surface area (Å²) in [6.45, 7) is 5.37. The predicted molar refractivity (Wildman–Crippen MR) is 88.7 cm³/mol. The molecule has 1 aromatic carbocycles. The Morgan fingerprint density at radius 1 is 1.37 bits per heavy atom. The number of rotatable bonds is 4. The van der Waals surface area contributed by atoms with Gasteiger partial charge in [-0.3, -0.25) is 4.90 Å². The molecule has 0 aliphatic carbocycles. The number of hydrogen-bond acceptors (Lipinski definition) is 3. The standard InChI is InChI=1S/C15H22N2S2/c1-12-5-3-4-6-13(12)11-17-9-7-15(19-2,8-10-17)14(16)18/h3-6H,7-11H2,1-2H3,(H2,16,18). The maximum absolute atomic E-state index is 5.93. The van der Waals surface area contributed by atoms with Crippen LogP contribution in [0.2, 0.25) is 0 Å². The zero-order valence-corrected chi connectivity index (χ0v) is 13.3. The van der Waals surface area contributed by atoms with Crippen molar-refractivity contribution in [3.8, 4) is 0 Å². The van der Waals surface area contributed by atoms with Crippen LogP contribution in [-0.2, 0) is 6.54 Å². The van der Waals surface area contributed by atoms with Crippen LogP contribution in [0.4, 0.5) is 0 Å². The lowest BCUT2D eigenvalue weighted by atomic mass is 9.95. The molecule has 0 spiro atoms. The average Bonchev–Trinajstić information content (AvgIpc) is 2.42. The Kier molecular flexibility index (Phi) is 4.87. The second-order valence-corrected chi connectivity index (χ2v) is 6.89. The van der Waals surface area contributed by atoms with E-state index in [0.29, 0.717) is 4.99 Å². The first-order chi connectivity index (χ1) is 9.07. The zero-order valence-electron chi connectivity index (χ0n) is 11.7. The molecule has 104 valence electrons. The number of thioether (sulfide) groups is 1. The van der Waals surface area contributed by atoms with Crippen LogP contribution >= 0.6 is 24.0 Å². The molecule has 1 heterocycles. The highest BCUT2D eigenvalue weighted by atomic mass is 32.2. The summed E-state index contributed by atoms with van der Waals surface area (Å²) in [5.41, 5.74) is 8.73. The van der Waals surface area contributed by atoms with Crippen molar-refractivity contribution in [2.45, 2.75) is 31.1 Å². The van der Waals surface area contributed by atoms with E-state index in [0.717, 1.165) is 32.5 Å². The minimum Gasteiger partial charge on any atom is -0.392 e. The first-order valence-electron chi connectivity index (χ1n) is 6.69. The summed E-state index contributed by atoms with van der Waals surface area (Å²) in [5, 5.41) is 0. The van der Waals surface area contributed by atoms with Gasteiger partial charge in [-0.2, -0.15) is 11.8 Å². The molecule has 0 bridgehead atoms. The average molecular weight is 294 g/mol. The highest BCUT2D eigenvalue weighted by Gasteiger charge is 2.36. The van der Waals surface area contributed by atoms with E-state index >= 15 is 0 Å². The lowest BCUT2D eigenvalue weighted by Gasteiger charge is -2.40. The monoisotopic (exact) mass is 294 g/mol. The number of hydrogen-bond donors (Lipinski definition) is 1. The van der Waals surface area contributed by atoms with Crippen molar-refractivity contribution in [1.29, 1.82) is 0 Å². The van der Waals surface area contributed by atoms with Crippen molar-refractivity contribution in [3.63, 3.8) is 0 Å².